The van der Waals surface area contributed by atoms with Crippen LogP contribution in [0.5, 0.6) is 0 Å². The first-order valence-corrected chi connectivity index (χ1v) is 7.55. The molecule has 1 amide bonds. The van der Waals surface area contributed by atoms with Crippen molar-refractivity contribution in [1.29, 1.82) is 0 Å². The van der Waals surface area contributed by atoms with Gasteiger partial charge in [-0.1, -0.05) is 0 Å². The number of carbonyl (C=O) groups excluding carboxylic acids is 1. The zero-order valence-corrected chi connectivity index (χ0v) is 13.2. The topological polar surface area (TPSA) is 61.4 Å². The van der Waals surface area contributed by atoms with Crippen molar-refractivity contribution in [3.8, 4) is 0 Å². The fourth-order valence-electron chi connectivity index (χ4n) is 2.40. The fraction of sp³-hybridized carbons (Fsp3) is 0.312. The van der Waals surface area contributed by atoms with Gasteiger partial charge in [0.2, 0.25) is 5.95 Å². The summed E-state index contributed by atoms with van der Waals surface area (Å²) in [5.74, 6) is -1.78. The molecule has 1 aliphatic heterocycles. The van der Waals surface area contributed by atoms with Gasteiger partial charge in [-0.2, -0.15) is 0 Å². The number of likely N-dealkylation sites (N-methyl/N-ethyl adjacent to an activating group) is 1. The van der Waals surface area contributed by atoms with Crippen LogP contribution in [-0.4, -0.2) is 58.9 Å². The first-order chi connectivity index (χ1) is 11.5. The largest absolute Gasteiger partial charge is 0.336 e. The van der Waals surface area contributed by atoms with E-state index < -0.39 is 11.6 Å². The molecule has 1 aromatic heterocycles. The van der Waals surface area contributed by atoms with E-state index >= 15 is 0 Å². The third-order valence-electron chi connectivity index (χ3n) is 3.87. The van der Waals surface area contributed by atoms with Gasteiger partial charge in [0, 0.05) is 50.3 Å². The van der Waals surface area contributed by atoms with Crippen molar-refractivity contribution in [2.45, 2.75) is 0 Å². The average molecular weight is 333 g/mol. The molecule has 8 heteroatoms. The highest BCUT2D eigenvalue weighted by atomic mass is 19.2. The first kappa shape index (κ1) is 16.3. The minimum absolute atomic E-state index is 0.109. The molecule has 2 heterocycles. The molecular weight excluding hydrogens is 316 g/mol. The number of hydrogen-bond donors (Lipinski definition) is 1. The van der Waals surface area contributed by atoms with E-state index in [0.717, 1.165) is 25.2 Å². The maximum atomic E-state index is 13.2. The molecule has 2 aromatic rings. The van der Waals surface area contributed by atoms with Crippen molar-refractivity contribution in [3.05, 3.63) is 47.8 Å². The van der Waals surface area contributed by atoms with Crippen LogP contribution in [0.4, 0.5) is 20.4 Å². The standard InChI is InChI=1S/C16H17F2N5O/c1-22-4-6-23(7-5-22)15(24)11-9-19-16(20-10-11)21-12-2-3-13(17)14(18)8-12/h2-3,8-10H,4-7H2,1H3,(H,19,20,21). The van der Waals surface area contributed by atoms with Crippen LogP contribution in [0, 0.1) is 11.6 Å². The van der Waals surface area contributed by atoms with Gasteiger partial charge in [0.1, 0.15) is 0 Å². The second-order valence-corrected chi connectivity index (χ2v) is 5.64. The van der Waals surface area contributed by atoms with E-state index in [1.165, 1.54) is 18.5 Å². The summed E-state index contributed by atoms with van der Waals surface area (Å²) in [5.41, 5.74) is 0.724. The Morgan fingerprint density at radius 2 is 1.75 bits per heavy atom. The van der Waals surface area contributed by atoms with Gasteiger partial charge in [-0.25, -0.2) is 18.7 Å². The molecule has 1 fully saturated rings. The molecule has 0 aliphatic carbocycles. The molecule has 1 aliphatic rings. The van der Waals surface area contributed by atoms with Gasteiger partial charge in [0.15, 0.2) is 11.6 Å². The van der Waals surface area contributed by atoms with Crippen molar-refractivity contribution in [3.63, 3.8) is 0 Å². The summed E-state index contributed by atoms with van der Waals surface area (Å²) >= 11 is 0. The Morgan fingerprint density at radius 1 is 1.08 bits per heavy atom. The van der Waals surface area contributed by atoms with Crippen LogP contribution in [0.15, 0.2) is 30.6 Å². The molecule has 6 nitrogen and oxygen atoms in total. The van der Waals surface area contributed by atoms with E-state index in [2.05, 4.69) is 20.2 Å². The van der Waals surface area contributed by atoms with Crippen molar-refractivity contribution in [2.75, 3.05) is 38.5 Å². The maximum absolute atomic E-state index is 13.2. The molecule has 0 atom stereocenters. The van der Waals surface area contributed by atoms with Crippen LogP contribution < -0.4 is 5.32 Å². The highest BCUT2D eigenvalue weighted by Gasteiger charge is 2.20. The van der Waals surface area contributed by atoms with Gasteiger partial charge in [-0.3, -0.25) is 4.79 Å². The van der Waals surface area contributed by atoms with E-state index in [4.69, 9.17) is 0 Å². The van der Waals surface area contributed by atoms with Gasteiger partial charge in [0.25, 0.3) is 5.91 Å². The minimum atomic E-state index is -0.957. The third-order valence-corrected chi connectivity index (χ3v) is 3.87. The number of nitrogens with zero attached hydrogens (tertiary/aromatic N) is 4. The van der Waals surface area contributed by atoms with E-state index in [1.54, 1.807) is 4.90 Å². The summed E-state index contributed by atoms with van der Waals surface area (Å²) in [5, 5.41) is 2.76. The Kier molecular flexibility index (Phi) is 4.66. The number of piperazine rings is 1. The molecule has 0 radical (unpaired) electrons. The minimum Gasteiger partial charge on any atom is -0.336 e. The van der Waals surface area contributed by atoms with Crippen molar-refractivity contribution in [1.82, 2.24) is 19.8 Å². The first-order valence-electron chi connectivity index (χ1n) is 7.55. The van der Waals surface area contributed by atoms with Gasteiger partial charge < -0.3 is 15.1 Å². The smallest absolute Gasteiger partial charge is 0.257 e. The molecule has 3 rings (SSSR count). The summed E-state index contributed by atoms with van der Waals surface area (Å²) in [6, 6.07) is 3.41. The van der Waals surface area contributed by atoms with Crippen LogP contribution in [0.25, 0.3) is 0 Å². The van der Waals surface area contributed by atoms with Crippen LogP contribution in [0.2, 0.25) is 0 Å². The number of rotatable bonds is 3. The summed E-state index contributed by atoms with van der Waals surface area (Å²) in [6.07, 6.45) is 2.85. The summed E-state index contributed by atoms with van der Waals surface area (Å²) < 4.78 is 26.1. The van der Waals surface area contributed by atoms with E-state index in [1.807, 2.05) is 7.05 Å². The zero-order valence-electron chi connectivity index (χ0n) is 13.2. The molecule has 0 unspecified atom stereocenters. The Bertz CT molecular complexity index is 730. The number of anilines is 2. The number of halogens is 2. The summed E-state index contributed by atoms with van der Waals surface area (Å²) in [4.78, 5) is 24.4. The molecule has 0 spiro atoms. The van der Waals surface area contributed by atoms with Gasteiger partial charge in [-0.15, -0.1) is 0 Å². The maximum Gasteiger partial charge on any atom is 0.257 e. The van der Waals surface area contributed by atoms with Crippen LogP contribution in [0.1, 0.15) is 10.4 Å². The second-order valence-electron chi connectivity index (χ2n) is 5.64. The lowest BCUT2D eigenvalue weighted by Crippen LogP contribution is -2.47. The fourth-order valence-corrected chi connectivity index (χ4v) is 2.40. The quantitative estimate of drug-likeness (QED) is 0.929. The van der Waals surface area contributed by atoms with Crippen LogP contribution in [-0.2, 0) is 0 Å². The summed E-state index contributed by atoms with van der Waals surface area (Å²) in [6.45, 7) is 3.01. The van der Waals surface area contributed by atoms with Crippen molar-refractivity contribution in [2.24, 2.45) is 0 Å². The molecule has 0 saturated carbocycles. The van der Waals surface area contributed by atoms with Gasteiger partial charge in [0.05, 0.1) is 5.56 Å². The summed E-state index contributed by atoms with van der Waals surface area (Å²) in [7, 11) is 2.02. The lowest BCUT2D eigenvalue weighted by Gasteiger charge is -2.32. The normalized spacial score (nSPS) is 15.4. The van der Waals surface area contributed by atoms with Crippen molar-refractivity contribution < 1.29 is 13.6 Å². The Morgan fingerprint density at radius 3 is 2.38 bits per heavy atom. The van der Waals surface area contributed by atoms with E-state index in [-0.39, 0.29) is 11.9 Å². The zero-order chi connectivity index (χ0) is 17.1. The molecule has 24 heavy (non-hydrogen) atoms. The number of benzene rings is 1. The number of carbonyl (C=O) groups is 1. The van der Waals surface area contributed by atoms with Crippen LogP contribution in [0.3, 0.4) is 0 Å². The monoisotopic (exact) mass is 333 g/mol. The molecule has 1 aromatic carbocycles. The number of aromatic nitrogens is 2. The molecule has 1 saturated heterocycles. The predicted molar refractivity (Wildman–Crippen MR) is 85.1 cm³/mol. The van der Waals surface area contributed by atoms with Gasteiger partial charge >= 0.3 is 0 Å². The Labute approximate surface area is 138 Å². The predicted octanol–water partition coefficient (Wildman–Crippen LogP) is 1.89. The Balaban J connectivity index is 1.66. The highest BCUT2D eigenvalue weighted by molar-refractivity contribution is 5.93. The van der Waals surface area contributed by atoms with Crippen molar-refractivity contribution >= 4 is 17.5 Å². The number of nitrogens with one attached hydrogen (secondary N) is 1. The number of hydrogen-bond acceptors (Lipinski definition) is 5. The Hall–Kier alpha value is -2.61. The SMILES string of the molecule is CN1CCN(C(=O)c2cnc(Nc3ccc(F)c(F)c3)nc2)CC1. The third kappa shape index (κ3) is 3.65. The second kappa shape index (κ2) is 6.88. The molecule has 0 bridgehead atoms. The molecule has 126 valence electrons. The number of amides is 1. The average Bonchev–Trinajstić information content (AvgIpc) is 2.59. The van der Waals surface area contributed by atoms with E-state index in [0.29, 0.717) is 24.3 Å². The van der Waals surface area contributed by atoms with Crippen LogP contribution >= 0.6 is 0 Å². The molecule has 1 N–H and O–H groups in total. The lowest BCUT2D eigenvalue weighted by molar-refractivity contribution is 0.0663. The van der Waals surface area contributed by atoms with E-state index in [9.17, 15) is 13.6 Å². The van der Waals surface area contributed by atoms with Gasteiger partial charge in [-0.05, 0) is 19.2 Å². The highest BCUT2D eigenvalue weighted by Crippen LogP contribution is 2.16. The lowest BCUT2D eigenvalue weighted by atomic mass is 10.2. The molecular formula is C16H17F2N5O.